The summed E-state index contributed by atoms with van der Waals surface area (Å²) < 4.78 is 10.9. The highest BCUT2D eigenvalue weighted by molar-refractivity contribution is 5.93. The average Bonchev–Trinajstić information content (AvgIpc) is 2.61. The van der Waals surface area contributed by atoms with Crippen molar-refractivity contribution in [1.29, 1.82) is 0 Å². The van der Waals surface area contributed by atoms with E-state index < -0.39 is 12.1 Å². The number of benzene rings is 2. The van der Waals surface area contributed by atoms with E-state index in [0.29, 0.717) is 17.7 Å². The molecule has 0 aliphatic rings. The molecular formula is C19H21NO4. The lowest BCUT2D eigenvalue weighted by Gasteiger charge is -2.15. The van der Waals surface area contributed by atoms with Crippen molar-refractivity contribution in [2.24, 2.45) is 0 Å². The minimum absolute atomic E-state index is 0.241. The van der Waals surface area contributed by atoms with Crippen molar-refractivity contribution < 1.29 is 19.1 Å². The number of hydrogen-bond donors (Lipinski definition) is 1. The number of likely N-dealkylation sites (N-methyl/N-ethyl adjacent to an activating group) is 1. The molecule has 2 aromatic carbocycles. The van der Waals surface area contributed by atoms with Crippen LogP contribution in [0.4, 0.5) is 0 Å². The quantitative estimate of drug-likeness (QED) is 0.794. The van der Waals surface area contributed by atoms with Gasteiger partial charge in [0.1, 0.15) is 12.4 Å². The standard InChI is InChI=1S/C19H21NO4/c1-3-20-18(21)14(2)24-19(22)17-12-8-7-9-15(17)13-23-16-10-5-4-6-11-16/h4-12,14H,3,13H2,1-2H3,(H,20,21)/t14-/m0/s1. The van der Waals surface area contributed by atoms with Crippen LogP contribution >= 0.6 is 0 Å². The monoisotopic (exact) mass is 327 g/mol. The van der Waals surface area contributed by atoms with E-state index >= 15 is 0 Å². The molecule has 2 aromatic rings. The van der Waals surface area contributed by atoms with Gasteiger partial charge >= 0.3 is 5.97 Å². The molecule has 1 atom stereocenters. The normalized spacial score (nSPS) is 11.4. The molecule has 0 fully saturated rings. The second kappa shape index (κ2) is 8.72. The Morgan fingerprint density at radius 3 is 2.42 bits per heavy atom. The van der Waals surface area contributed by atoms with Gasteiger partial charge in [-0.2, -0.15) is 0 Å². The van der Waals surface area contributed by atoms with Crippen molar-refractivity contribution in [3.05, 3.63) is 65.7 Å². The lowest BCUT2D eigenvalue weighted by molar-refractivity contribution is -0.128. The summed E-state index contributed by atoms with van der Waals surface area (Å²) in [5, 5.41) is 2.62. The Bertz CT molecular complexity index is 685. The summed E-state index contributed by atoms with van der Waals surface area (Å²) >= 11 is 0. The van der Waals surface area contributed by atoms with Crippen LogP contribution in [-0.4, -0.2) is 24.5 Å². The van der Waals surface area contributed by atoms with Gasteiger partial charge in [0.15, 0.2) is 6.10 Å². The van der Waals surface area contributed by atoms with E-state index in [0.717, 1.165) is 5.75 Å². The third-order valence-electron chi connectivity index (χ3n) is 3.38. The molecule has 0 heterocycles. The van der Waals surface area contributed by atoms with Crippen molar-refractivity contribution in [2.45, 2.75) is 26.6 Å². The zero-order valence-electron chi connectivity index (χ0n) is 13.8. The molecule has 0 aliphatic heterocycles. The van der Waals surface area contributed by atoms with Crippen LogP contribution in [0.2, 0.25) is 0 Å². The molecule has 126 valence electrons. The van der Waals surface area contributed by atoms with Crippen molar-refractivity contribution in [2.75, 3.05) is 6.54 Å². The molecule has 0 spiro atoms. The van der Waals surface area contributed by atoms with Crippen LogP contribution in [0.3, 0.4) is 0 Å². The second-order valence-electron chi connectivity index (χ2n) is 5.20. The fraction of sp³-hybridized carbons (Fsp3) is 0.263. The minimum Gasteiger partial charge on any atom is -0.489 e. The number of rotatable bonds is 7. The Morgan fingerprint density at radius 2 is 1.71 bits per heavy atom. The number of carbonyl (C=O) groups is 2. The molecule has 0 aromatic heterocycles. The minimum atomic E-state index is -0.847. The van der Waals surface area contributed by atoms with E-state index in [1.54, 1.807) is 25.1 Å². The summed E-state index contributed by atoms with van der Waals surface area (Å²) in [6.07, 6.45) is -0.847. The molecule has 1 amide bonds. The summed E-state index contributed by atoms with van der Waals surface area (Å²) in [4.78, 5) is 24.0. The Kier molecular flexibility index (Phi) is 6.37. The number of ether oxygens (including phenoxy) is 2. The number of hydrogen-bond acceptors (Lipinski definition) is 4. The molecule has 5 nitrogen and oxygen atoms in total. The van der Waals surface area contributed by atoms with E-state index in [4.69, 9.17) is 9.47 Å². The molecule has 0 saturated carbocycles. The average molecular weight is 327 g/mol. The van der Waals surface area contributed by atoms with Crippen LogP contribution in [-0.2, 0) is 16.1 Å². The highest BCUT2D eigenvalue weighted by Crippen LogP contribution is 2.16. The molecule has 2 rings (SSSR count). The smallest absolute Gasteiger partial charge is 0.339 e. The van der Waals surface area contributed by atoms with Crippen molar-refractivity contribution in [3.63, 3.8) is 0 Å². The molecular weight excluding hydrogens is 306 g/mol. The Hall–Kier alpha value is -2.82. The molecule has 24 heavy (non-hydrogen) atoms. The molecule has 1 N–H and O–H groups in total. The first kappa shape index (κ1) is 17.5. The SMILES string of the molecule is CCNC(=O)[C@H](C)OC(=O)c1ccccc1COc1ccccc1. The first-order chi connectivity index (χ1) is 11.6. The largest absolute Gasteiger partial charge is 0.489 e. The first-order valence-corrected chi connectivity index (χ1v) is 7.86. The molecule has 0 aliphatic carbocycles. The summed E-state index contributed by atoms with van der Waals surface area (Å²) in [6.45, 7) is 4.09. The Morgan fingerprint density at radius 1 is 1.04 bits per heavy atom. The number of para-hydroxylation sites is 1. The summed E-state index contributed by atoms with van der Waals surface area (Å²) in [5.74, 6) is -0.138. The number of esters is 1. The fourth-order valence-corrected chi connectivity index (χ4v) is 2.12. The third kappa shape index (κ3) is 4.84. The number of carbonyl (C=O) groups excluding carboxylic acids is 2. The van der Waals surface area contributed by atoms with Gasteiger partial charge in [-0.15, -0.1) is 0 Å². The second-order valence-corrected chi connectivity index (χ2v) is 5.20. The van der Waals surface area contributed by atoms with Gasteiger partial charge in [-0.05, 0) is 32.0 Å². The summed E-state index contributed by atoms with van der Waals surface area (Å²) in [7, 11) is 0. The van der Waals surface area contributed by atoms with E-state index in [-0.39, 0.29) is 12.5 Å². The van der Waals surface area contributed by atoms with Gasteiger partial charge in [0, 0.05) is 12.1 Å². The third-order valence-corrected chi connectivity index (χ3v) is 3.38. The van der Waals surface area contributed by atoms with Crippen molar-refractivity contribution in [3.8, 4) is 5.75 Å². The Labute approximate surface area is 141 Å². The number of nitrogens with one attached hydrogen (secondary N) is 1. The van der Waals surface area contributed by atoms with E-state index in [9.17, 15) is 9.59 Å². The van der Waals surface area contributed by atoms with Crippen molar-refractivity contribution in [1.82, 2.24) is 5.32 Å². The van der Waals surface area contributed by atoms with Crippen LogP contribution in [0.25, 0.3) is 0 Å². The van der Waals surface area contributed by atoms with Gasteiger partial charge in [-0.1, -0.05) is 36.4 Å². The lowest BCUT2D eigenvalue weighted by atomic mass is 10.1. The predicted octanol–water partition coefficient (Wildman–Crippen LogP) is 2.95. The molecule has 0 bridgehead atoms. The molecule has 0 saturated heterocycles. The highest BCUT2D eigenvalue weighted by atomic mass is 16.5. The number of amides is 1. The van der Waals surface area contributed by atoms with Crippen LogP contribution in [0, 0.1) is 0 Å². The van der Waals surface area contributed by atoms with Gasteiger partial charge < -0.3 is 14.8 Å². The zero-order valence-corrected chi connectivity index (χ0v) is 13.8. The molecule has 0 unspecified atom stereocenters. The molecule has 5 heteroatoms. The van der Waals surface area contributed by atoms with Crippen LogP contribution < -0.4 is 10.1 Å². The van der Waals surface area contributed by atoms with Crippen LogP contribution in [0.15, 0.2) is 54.6 Å². The molecule has 0 radical (unpaired) electrons. The van der Waals surface area contributed by atoms with Gasteiger partial charge in [0.2, 0.25) is 0 Å². The summed E-state index contributed by atoms with van der Waals surface area (Å²) in [5.41, 5.74) is 1.10. The lowest BCUT2D eigenvalue weighted by Crippen LogP contribution is -2.35. The van der Waals surface area contributed by atoms with Gasteiger partial charge in [-0.25, -0.2) is 4.79 Å². The predicted molar refractivity (Wildman–Crippen MR) is 90.8 cm³/mol. The van der Waals surface area contributed by atoms with Crippen LogP contribution in [0.1, 0.15) is 29.8 Å². The highest BCUT2D eigenvalue weighted by Gasteiger charge is 2.20. The maximum Gasteiger partial charge on any atom is 0.339 e. The van der Waals surface area contributed by atoms with E-state index in [1.165, 1.54) is 0 Å². The maximum atomic E-state index is 12.3. The van der Waals surface area contributed by atoms with Gasteiger partial charge in [0.05, 0.1) is 5.56 Å². The van der Waals surface area contributed by atoms with E-state index in [1.807, 2.05) is 43.3 Å². The Balaban J connectivity index is 2.04. The first-order valence-electron chi connectivity index (χ1n) is 7.86. The van der Waals surface area contributed by atoms with Crippen molar-refractivity contribution >= 4 is 11.9 Å². The van der Waals surface area contributed by atoms with E-state index in [2.05, 4.69) is 5.32 Å². The van der Waals surface area contributed by atoms with Gasteiger partial charge in [0.25, 0.3) is 5.91 Å². The summed E-state index contributed by atoms with van der Waals surface area (Å²) in [6, 6.07) is 16.4. The topological polar surface area (TPSA) is 64.6 Å². The zero-order chi connectivity index (χ0) is 17.4. The van der Waals surface area contributed by atoms with Crippen LogP contribution in [0.5, 0.6) is 5.75 Å². The maximum absolute atomic E-state index is 12.3. The fourth-order valence-electron chi connectivity index (χ4n) is 2.12. The van der Waals surface area contributed by atoms with Gasteiger partial charge in [-0.3, -0.25) is 4.79 Å².